The summed E-state index contributed by atoms with van der Waals surface area (Å²) in [5.41, 5.74) is 1.36. The summed E-state index contributed by atoms with van der Waals surface area (Å²) in [5.74, 6) is 0.943. The van der Waals surface area contributed by atoms with E-state index < -0.39 is 0 Å². The van der Waals surface area contributed by atoms with Crippen molar-refractivity contribution in [2.24, 2.45) is 7.05 Å². The first kappa shape index (κ1) is 13.2. The minimum atomic E-state index is -0.139. The molecule has 0 spiro atoms. The molecular formula is C12H12Cl2N2O2. The smallest absolute Gasteiger partial charge is 0.223 e. The Labute approximate surface area is 115 Å². The Bertz CT molecular complexity index is 582. The second-order valence-corrected chi connectivity index (χ2v) is 4.67. The van der Waals surface area contributed by atoms with E-state index in [4.69, 9.17) is 27.9 Å². The van der Waals surface area contributed by atoms with Gasteiger partial charge in [0, 0.05) is 12.1 Å². The van der Waals surface area contributed by atoms with Gasteiger partial charge >= 0.3 is 0 Å². The lowest BCUT2D eigenvalue weighted by Crippen LogP contribution is -1.97. The van der Waals surface area contributed by atoms with Gasteiger partial charge in [0.1, 0.15) is 5.75 Å². The molecule has 0 aliphatic heterocycles. The minimum absolute atomic E-state index is 0.139. The van der Waals surface area contributed by atoms with Crippen molar-refractivity contribution in [2.75, 3.05) is 0 Å². The summed E-state index contributed by atoms with van der Waals surface area (Å²) >= 11 is 11.8. The number of aromatic nitrogens is 2. The SMILES string of the molecule is Cc1nn(C)c(Oc2ccc(Cl)cc2Cl)c1CO. The highest BCUT2D eigenvalue weighted by molar-refractivity contribution is 6.35. The number of benzene rings is 1. The minimum Gasteiger partial charge on any atom is -0.437 e. The van der Waals surface area contributed by atoms with Crippen molar-refractivity contribution >= 4 is 23.2 Å². The highest BCUT2D eigenvalue weighted by atomic mass is 35.5. The van der Waals surface area contributed by atoms with Gasteiger partial charge in [0.25, 0.3) is 0 Å². The number of rotatable bonds is 3. The first-order valence-electron chi connectivity index (χ1n) is 5.29. The summed E-state index contributed by atoms with van der Waals surface area (Å²) in [6.45, 7) is 1.67. The molecule has 0 radical (unpaired) electrons. The zero-order valence-electron chi connectivity index (χ0n) is 9.94. The molecule has 0 fully saturated rings. The van der Waals surface area contributed by atoms with Crippen molar-refractivity contribution in [3.63, 3.8) is 0 Å². The van der Waals surface area contributed by atoms with Crippen LogP contribution in [0.3, 0.4) is 0 Å². The maximum Gasteiger partial charge on any atom is 0.223 e. The zero-order chi connectivity index (χ0) is 13.3. The average Bonchev–Trinajstić information content (AvgIpc) is 2.57. The van der Waals surface area contributed by atoms with Crippen molar-refractivity contribution in [3.8, 4) is 11.6 Å². The summed E-state index contributed by atoms with van der Waals surface area (Å²) in [5, 5.41) is 14.4. The van der Waals surface area contributed by atoms with E-state index in [1.54, 1.807) is 29.9 Å². The van der Waals surface area contributed by atoms with E-state index in [2.05, 4.69) is 5.10 Å². The molecule has 0 saturated carbocycles. The molecule has 2 rings (SSSR count). The van der Waals surface area contributed by atoms with Gasteiger partial charge in [-0.3, -0.25) is 0 Å². The van der Waals surface area contributed by atoms with E-state index in [9.17, 15) is 5.11 Å². The Hall–Kier alpha value is -1.23. The van der Waals surface area contributed by atoms with Gasteiger partial charge in [-0.25, -0.2) is 4.68 Å². The monoisotopic (exact) mass is 286 g/mol. The first-order valence-corrected chi connectivity index (χ1v) is 6.04. The molecular weight excluding hydrogens is 275 g/mol. The fraction of sp³-hybridized carbons (Fsp3) is 0.250. The van der Waals surface area contributed by atoms with Crippen LogP contribution in [0.15, 0.2) is 18.2 Å². The van der Waals surface area contributed by atoms with Gasteiger partial charge in [0.05, 0.1) is 22.9 Å². The van der Waals surface area contributed by atoms with Crippen LogP contribution in [0.4, 0.5) is 0 Å². The first-order chi connectivity index (χ1) is 8.52. The molecule has 4 nitrogen and oxygen atoms in total. The molecule has 2 aromatic rings. The van der Waals surface area contributed by atoms with E-state index >= 15 is 0 Å². The third-order valence-corrected chi connectivity index (χ3v) is 3.08. The van der Waals surface area contributed by atoms with Gasteiger partial charge in [-0.1, -0.05) is 23.2 Å². The summed E-state index contributed by atoms with van der Waals surface area (Å²) in [6.07, 6.45) is 0. The predicted octanol–water partition coefficient (Wildman–Crippen LogP) is 3.32. The Kier molecular flexibility index (Phi) is 3.80. The standard InChI is InChI=1S/C12H12Cl2N2O2/c1-7-9(6-17)12(16(2)15-7)18-11-4-3-8(13)5-10(11)14/h3-5,17H,6H2,1-2H3. The van der Waals surface area contributed by atoms with E-state index in [-0.39, 0.29) is 6.61 Å². The second kappa shape index (κ2) is 5.18. The molecule has 6 heteroatoms. The molecule has 96 valence electrons. The largest absolute Gasteiger partial charge is 0.437 e. The van der Waals surface area contributed by atoms with Gasteiger partial charge in [-0.2, -0.15) is 5.10 Å². The number of aryl methyl sites for hydroxylation is 2. The quantitative estimate of drug-likeness (QED) is 0.942. The van der Waals surface area contributed by atoms with Crippen LogP contribution >= 0.6 is 23.2 Å². The predicted molar refractivity (Wildman–Crippen MR) is 70.4 cm³/mol. The van der Waals surface area contributed by atoms with Crippen LogP contribution in [0.25, 0.3) is 0 Å². The molecule has 1 aromatic heterocycles. The normalized spacial score (nSPS) is 10.7. The summed E-state index contributed by atoms with van der Waals surface area (Å²) in [4.78, 5) is 0. The van der Waals surface area contributed by atoms with E-state index in [0.717, 1.165) is 5.69 Å². The Morgan fingerprint density at radius 2 is 2.11 bits per heavy atom. The molecule has 0 bridgehead atoms. The molecule has 0 aliphatic rings. The van der Waals surface area contributed by atoms with Crippen LogP contribution in [0, 0.1) is 6.92 Å². The molecule has 0 amide bonds. The van der Waals surface area contributed by atoms with Gasteiger partial charge in [0.15, 0.2) is 0 Å². The average molecular weight is 287 g/mol. The van der Waals surface area contributed by atoms with E-state index in [1.807, 2.05) is 6.92 Å². The van der Waals surface area contributed by atoms with Gasteiger partial charge < -0.3 is 9.84 Å². The van der Waals surface area contributed by atoms with E-state index in [0.29, 0.717) is 27.2 Å². The van der Waals surface area contributed by atoms with Crippen LogP contribution in [0.5, 0.6) is 11.6 Å². The van der Waals surface area contributed by atoms with Gasteiger partial charge in [-0.05, 0) is 25.1 Å². The molecule has 0 aliphatic carbocycles. The number of aliphatic hydroxyl groups is 1. The van der Waals surface area contributed by atoms with E-state index in [1.165, 1.54) is 0 Å². The third kappa shape index (κ3) is 2.46. The fourth-order valence-electron chi connectivity index (χ4n) is 1.65. The summed E-state index contributed by atoms with van der Waals surface area (Å²) < 4.78 is 7.25. The number of hydrogen-bond acceptors (Lipinski definition) is 3. The van der Waals surface area contributed by atoms with Crippen molar-refractivity contribution in [3.05, 3.63) is 39.5 Å². The molecule has 1 N–H and O–H groups in total. The molecule has 1 heterocycles. The topological polar surface area (TPSA) is 47.3 Å². The number of aliphatic hydroxyl groups excluding tert-OH is 1. The maximum absolute atomic E-state index is 9.32. The van der Waals surface area contributed by atoms with Crippen LogP contribution in [-0.4, -0.2) is 14.9 Å². The van der Waals surface area contributed by atoms with Crippen LogP contribution < -0.4 is 4.74 Å². The highest BCUT2D eigenvalue weighted by Crippen LogP contribution is 2.33. The number of ether oxygens (including phenoxy) is 1. The number of halogens is 2. The van der Waals surface area contributed by atoms with Crippen LogP contribution in [0.2, 0.25) is 10.0 Å². The number of hydrogen-bond donors (Lipinski definition) is 1. The molecule has 0 atom stereocenters. The Morgan fingerprint density at radius 1 is 1.39 bits per heavy atom. The summed E-state index contributed by atoms with van der Waals surface area (Å²) in [6, 6.07) is 4.96. The summed E-state index contributed by atoms with van der Waals surface area (Å²) in [7, 11) is 1.74. The van der Waals surface area contributed by atoms with Crippen molar-refractivity contribution in [2.45, 2.75) is 13.5 Å². The third-order valence-electron chi connectivity index (χ3n) is 2.55. The van der Waals surface area contributed by atoms with Crippen LogP contribution in [-0.2, 0) is 13.7 Å². The lowest BCUT2D eigenvalue weighted by atomic mass is 10.2. The lowest BCUT2D eigenvalue weighted by molar-refractivity contribution is 0.274. The molecule has 1 aromatic carbocycles. The lowest BCUT2D eigenvalue weighted by Gasteiger charge is -2.09. The van der Waals surface area contributed by atoms with Gasteiger partial charge in [0.2, 0.25) is 5.88 Å². The molecule has 0 unspecified atom stereocenters. The van der Waals surface area contributed by atoms with Crippen molar-refractivity contribution in [1.29, 1.82) is 0 Å². The highest BCUT2D eigenvalue weighted by Gasteiger charge is 2.15. The zero-order valence-corrected chi connectivity index (χ0v) is 11.5. The molecule has 18 heavy (non-hydrogen) atoms. The van der Waals surface area contributed by atoms with Crippen molar-refractivity contribution in [1.82, 2.24) is 9.78 Å². The second-order valence-electron chi connectivity index (χ2n) is 3.83. The van der Waals surface area contributed by atoms with Gasteiger partial charge in [-0.15, -0.1) is 0 Å². The fourth-order valence-corrected chi connectivity index (χ4v) is 2.10. The number of nitrogens with zero attached hydrogens (tertiary/aromatic N) is 2. The maximum atomic E-state index is 9.32. The van der Waals surface area contributed by atoms with Crippen molar-refractivity contribution < 1.29 is 9.84 Å². The Balaban J connectivity index is 2.39. The molecule has 0 saturated heterocycles. The van der Waals surface area contributed by atoms with Crippen LogP contribution in [0.1, 0.15) is 11.3 Å². The Morgan fingerprint density at radius 3 is 2.72 bits per heavy atom.